The highest BCUT2D eigenvalue weighted by Gasteiger charge is 2.50. The third-order valence-corrected chi connectivity index (χ3v) is 11.4. The van der Waals surface area contributed by atoms with Crippen LogP contribution in [0.5, 0.6) is 0 Å². The van der Waals surface area contributed by atoms with Gasteiger partial charge in [-0.3, -0.25) is 0 Å². The van der Waals surface area contributed by atoms with Gasteiger partial charge in [0.2, 0.25) is 0 Å². The molecule has 0 aromatic heterocycles. The van der Waals surface area contributed by atoms with Gasteiger partial charge in [-0.05, 0) is 77.2 Å². The number of rotatable bonds is 4. The zero-order valence-corrected chi connectivity index (χ0v) is 27.6. The van der Waals surface area contributed by atoms with Crippen molar-refractivity contribution in [3.63, 3.8) is 0 Å². The Balaban J connectivity index is 1.17. The summed E-state index contributed by atoms with van der Waals surface area (Å²) in [6.07, 6.45) is 0. The summed E-state index contributed by atoms with van der Waals surface area (Å²) in [4.78, 5) is -1.85. The van der Waals surface area contributed by atoms with Gasteiger partial charge in [0.1, 0.15) is 9.75 Å². The van der Waals surface area contributed by atoms with E-state index >= 15 is 0 Å². The average Bonchev–Trinajstić information content (AvgIpc) is 3.17. The maximum absolute atomic E-state index is 7.97. The van der Waals surface area contributed by atoms with E-state index in [0.717, 1.165) is 44.5 Å². The molecule has 0 bridgehead atoms. The van der Waals surface area contributed by atoms with Crippen LogP contribution < -0.4 is 0 Å². The molecule has 48 heavy (non-hydrogen) atoms. The summed E-state index contributed by atoms with van der Waals surface area (Å²) in [7, 11) is 0. The lowest BCUT2D eigenvalue weighted by atomic mass is 9.67. The molecule has 0 radical (unpaired) electrons. The number of fused-ring (bicyclic) bond motifs is 4. The van der Waals surface area contributed by atoms with E-state index in [4.69, 9.17) is 23.2 Å². The molecular formula is C46H30Cl2. The number of hydrogen-bond donors (Lipinski definition) is 0. The minimum Gasteiger partial charge on any atom is -0.104 e. The van der Waals surface area contributed by atoms with Gasteiger partial charge in [-0.2, -0.15) is 0 Å². The zero-order valence-electron chi connectivity index (χ0n) is 26.1. The Morgan fingerprint density at radius 3 is 0.979 bits per heavy atom. The zero-order chi connectivity index (χ0) is 32.3. The molecule has 0 saturated heterocycles. The van der Waals surface area contributed by atoms with Crippen molar-refractivity contribution in [2.24, 2.45) is 0 Å². The molecule has 228 valence electrons. The Hall–Kier alpha value is -5.14. The fourth-order valence-corrected chi connectivity index (χ4v) is 8.70. The Bertz CT molecular complexity index is 2240. The molecule has 1 aliphatic rings. The van der Waals surface area contributed by atoms with Crippen molar-refractivity contribution in [2.75, 3.05) is 0 Å². The van der Waals surface area contributed by atoms with Crippen molar-refractivity contribution in [1.29, 1.82) is 0 Å². The molecule has 0 nitrogen and oxygen atoms in total. The van der Waals surface area contributed by atoms with Gasteiger partial charge in [-0.1, -0.05) is 182 Å². The molecule has 0 atom stereocenters. The molecule has 8 aromatic carbocycles. The minimum atomic E-state index is -0.925. The fourth-order valence-electron chi connectivity index (χ4n) is 7.79. The lowest BCUT2D eigenvalue weighted by Gasteiger charge is -2.44. The standard InChI is InChI=1S/C46H30Cl2/c47-45(35-27-23-33(24-28-35)39-17-9-13-31-11-1-3-15-37(31)39)41-19-5-7-21-43(41)46(48,44-22-8-6-20-42(44)45)36-29-25-34(26-30-36)40-18-10-14-32-12-2-4-16-38(32)40/h1-30H. The maximum Gasteiger partial charge on any atom is 0.120 e. The maximum atomic E-state index is 7.97. The average molecular weight is 654 g/mol. The molecule has 0 amide bonds. The van der Waals surface area contributed by atoms with E-state index in [1.54, 1.807) is 0 Å². The van der Waals surface area contributed by atoms with Crippen LogP contribution in [0.25, 0.3) is 43.8 Å². The molecule has 0 fully saturated rings. The van der Waals surface area contributed by atoms with Crippen molar-refractivity contribution in [3.8, 4) is 22.3 Å². The topological polar surface area (TPSA) is 0 Å². The Morgan fingerprint density at radius 1 is 0.292 bits per heavy atom. The van der Waals surface area contributed by atoms with Crippen LogP contribution in [0, 0.1) is 0 Å². The van der Waals surface area contributed by atoms with Crippen molar-refractivity contribution >= 4 is 44.7 Å². The quantitative estimate of drug-likeness (QED) is 0.166. The smallest absolute Gasteiger partial charge is 0.104 e. The minimum absolute atomic E-state index is 0.925. The number of hydrogen-bond acceptors (Lipinski definition) is 0. The second kappa shape index (κ2) is 11.2. The van der Waals surface area contributed by atoms with Crippen LogP contribution in [0.3, 0.4) is 0 Å². The highest BCUT2D eigenvalue weighted by Crippen LogP contribution is 2.58. The van der Waals surface area contributed by atoms with E-state index < -0.39 is 9.75 Å². The van der Waals surface area contributed by atoms with E-state index in [1.807, 2.05) is 0 Å². The van der Waals surface area contributed by atoms with Gasteiger partial charge in [-0.15, -0.1) is 23.2 Å². The van der Waals surface area contributed by atoms with Crippen LogP contribution in [0.4, 0.5) is 0 Å². The second-order valence-corrected chi connectivity index (χ2v) is 13.8. The van der Waals surface area contributed by atoms with Gasteiger partial charge in [0, 0.05) is 0 Å². The van der Waals surface area contributed by atoms with Gasteiger partial charge in [0.15, 0.2) is 0 Å². The monoisotopic (exact) mass is 652 g/mol. The largest absolute Gasteiger partial charge is 0.120 e. The number of halogens is 2. The lowest BCUT2D eigenvalue weighted by molar-refractivity contribution is 0.730. The van der Waals surface area contributed by atoms with E-state index in [1.165, 1.54) is 32.7 Å². The summed E-state index contributed by atoms with van der Waals surface area (Å²) < 4.78 is 0. The molecule has 0 spiro atoms. The lowest BCUT2D eigenvalue weighted by Crippen LogP contribution is -2.38. The molecule has 2 heteroatoms. The van der Waals surface area contributed by atoms with Crippen LogP contribution in [-0.2, 0) is 9.75 Å². The highest BCUT2D eigenvalue weighted by atomic mass is 35.5. The van der Waals surface area contributed by atoms with Crippen molar-refractivity contribution in [2.45, 2.75) is 9.75 Å². The molecule has 1 aliphatic carbocycles. The summed E-state index contributed by atoms with van der Waals surface area (Å²) in [5, 5.41) is 4.93. The first-order chi connectivity index (χ1) is 23.6. The third-order valence-electron chi connectivity index (χ3n) is 10.1. The normalized spacial score (nSPS) is 18.4. The highest BCUT2D eigenvalue weighted by molar-refractivity contribution is 6.32. The number of alkyl halides is 2. The summed E-state index contributed by atoms with van der Waals surface area (Å²) in [6.45, 7) is 0. The molecule has 0 aliphatic heterocycles. The first-order valence-corrected chi connectivity index (χ1v) is 17.1. The van der Waals surface area contributed by atoms with Crippen molar-refractivity contribution < 1.29 is 0 Å². The second-order valence-electron chi connectivity index (χ2n) is 12.6. The van der Waals surface area contributed by atoms with Crippen LogP contribution in [0.1, 0.15) is 33.4 Å². The van der Waals surface area contributed by atoms with E-state index in [-0.39, 0.29) is 0 Å². The fraction of sp³-hybridized carbons (Fsp3) is 0.0435. The Labute approximate surface area is 290 Å². The van der Waals surface area contributed by atoms with Crippen LogP contribution in [0.15, 0.2) is 182 Å². The van der Waals surface area contributed by atoms with Crippen molar-refractivity contribution in [3.05, 3.63) is 215 Å². The molecular weight excluding hydrogens is 623 g/mol. The van der Waals surface area contributed by atoms with Crippen LogP contribution in [-0.4, -0.2) is 0 Å². The summed E-state index contributed by atoms with van der Waals surface area (Å²) >= 11 is 15.9. The predicted molar refractivity (Wildman–Crippen MR) is 203 cm³/mol. The summed E-state index contributed by atoms with van der Waals surface area (Å²) in [5.74, 6) is 0. The van der Waals surface area contributed by atoms with E-state index in [9.17, 15) is 0 Å². The molecule has 0 unspecified atom stereocenters. The Morgan fingerprint density at radius 2 is 0.604 bits per heavy atom. The first-order valence-electron chi connectivity index (χ1n) is 16.3. The SMILES string of the molecule is ClC1(c2ccc(-c3cccc4ccccc34)cc2)c2ccccc2C(Cl)(c2ccc(-c3cccc4ccccc34)cc2)c2ccccc21. The summed E-state index contributed by atoms with van der Waals surface area (Å²) in [6, 6.07) is 64.3. The van der Waals surface area contributed by atoms with E-state index in [2.05, 4.69) is 182 Å². The number of benzene rings is 8. The molecule has 8 aromatic rings. The van der Waals surface area contributed by atoms with Crippen molar-refractivity contribution in [1.82, 2.24) is 0 Å². The third kappa shape index (κ3) is 4.30. The summed E-state index contributed by atoms with van der Waals surface area (Å²) in [5.41, 5.74) is 10.7. The van der Waals surface area contributed by atoms with Crippen LogP contribution >= 0.6 is 23.2 Å². The molecule has 0 saturated carbocycles. The van der Waals surface area contributed by atoms with Gasteiger partial charge in [-0.25, -0.2) is 0 Å². The van der Waals surface area contributed by atoms with E-state index in [0.29, 0.717) is 0 Å². The van der Waals surface area contributed by atoms with Gasteiger partial charge < -0.3 is 0 Å². The van der Waals surface area contributed by atoms with Gasteiger partial charge in [0.05, 0.1) is 0 Å². The van der Waals surface area contributed by atoms with Gasteiger partial charge >= 0.3 is 0 Å². The van der Waals surface area contributed by atoms with Crippen LogP contribution in [0.2, 0.25) is 0 Å². The van der Waals surface area contributed by atoms with Gasteiger partial charge in [0.25, 0.3) is 0 Å². The Kier molecular flexibility index (Phi) is 6.80. The molecule has 0 N–H and O–H groups in total. The molecule has 0 heterocycles. The predicted octanol–water partition coefficient (Wildman–Crippen LogP) is 12.7. The first kappa shape index (κ1) is 29.0. The molecule has 9 rings (SSSR count).